The molecule has 0 fully saturated rings. The third-order valence-corrected chi connectivity index (χ3v) is 2.17. The van der Waals surface area contributed by atoms with E-state index in [0.717, 1.165) is 11.3 Å². The number of aliphatic hydroxyl groups excluding tert-OH is 1. The van der Waals surface area contributed by atoms with Crippen LogP contribution in [0.25, 0.3) is 0 Å². The monoisotopic (exact) mass is 206 g/mol. The summed E-state index contributed by atoms with van der Waals surface area (Å²) in [6.45, 7) is 1.34. The van der Waals surface area contributed by atoms with Crippen LogP contribution in [0.2, 0.25) is 0 Å². The van der Waals surface area contributed by atoms with Gasteiger partial charge in [0.1, 0.15) is 25.1 Å². The predicted octanol–water partition coefficient (Wildman–Crippen LogP) is 1.48. The van der Waals surface area contributed by atoms with Crippen molar-refractivity contribution in [1.82, 2.24) is 0 Å². The molecule has 15 heavy (non-hydrogen) atoms. The molecule has 0 amide bonds. The Kier molecular flexibility index (Phi) is 3.37. The van der Waals surface area contributed by atoms with Crippen LogP contribution in [-0.4, -0.2) is 24.4 Å². The predicted molar refractivity (Wildman–Crippen MR) is 56.1 cm³/mol. The van der Waals surface area contributed by atoms with E-state index in [1.165, 1.54) is 0 Å². The zero-order valence-electron chi connectivity index (χ0n) is 8.43. The Balaban J connectivity index is 1.74. The van der Waals surface area contributed by atoms with E-state index in [4.69, 9.17) is 14.6 Å². The average molecular weight is 206 g/mol. The van der Waals surface area contributed by atoms with E-state index in [9.17, 15) is 0 Å². The first-order chi connectivity index (χ1) is 7.34. The molecule has 1 heterocycles. The minimum Gasteiger partial charge on any atom is -0.493 e. The molecule has 80 valence electrons. The minimum absolute atomic E-state index is 0.351. The largest absolute Gasteiger partial charge is 0.493 e. The highest BCUT2D eigenvalue weighted by Crippen LogP contribution is 2.11. The molecule has 3 heteroatoms. The SMILES string of the molecule is OC1C=C(COCc2ccccc2)OC1. The van der Waals surface area contributed by atoms with Gasteiger partial charge in [0.2, 0.25) is 0 Å². The molecule has 0 aliphatic carbocycles. The number of benzene rings is 1. The van der Waals surface area contributed by atoms with Crippen LogP contribution in [0.1, 0.15) is 5.56 Å². The van der Waals surface area contributed by atoms with Crippen molar-refractivity contribution in [3.05, 3.63) is 47.7 Å². The second kappa shape index (κ2) is 4.96. The highest BCUT2D eigenvalue weighted by atomic mass is 16.5. The third-order valence-electron chi connectivity index (χ3n) is 2.17. The number of aliphatic hydroxyl groups is 1. The van der Waals surface area contributed by atoms with Gasteiger partial charge in [0.25, 0.3) is 0 Å². The van der Waals surface area contributed by atoms with E-state index in [1.807, 2.05) is 30.3 Å². The summed E-state index contributed by atoms with van der Waals surface area (Å²) in [6, 6.07) is 9.96. The van der Waals surface area contributed by atoms with Gasteiger partial charge in [-0.05, 0) is 11.6 Å². The molecule has 1 aromatic rings. The van der Waals surface area contributed by atoms with Gasteiger partial charge in [-0.3, -0.25) is 0 Å². The summed E-state index contributed by atoms with van der Waals surface area (Å²) < 4.78 is 10.6. The molecule has 1 aromatic carbocycles. The molecule has 0 radical (unpaired) electrons. The van der Waals surface area contributed by atoms with Crippen LogP contribution >= 0.6 is 0 Å². The van der Waals surface area contributed by atoms with Crippen molar-refractivity contribution < 1.29 is 14.6 Å². The summed E-state index contributed by atoms with van der Waals surface area (Å²) in [6.07, 6.45) is 1.21. The van der Waals surface area contributed by atoms with Gasteiger partial charge in [-0.1, -0.05) is 30.3 Å². The summed E-state index contributed by atoms with van der Waals surface area (Å²) in [4.78, 5) is 0. The van der Waals surface area contributed by atoms with Gasteiger partial charge in [-0.25, -0.2) is 0 Å². The maximum Gasteiger partial charge on any atom is 0.121 e. The summed E-state index contributed by atoms with van der Waals surface area (Å²) in [5, 5.41) is 9.16. The van der Waals surface area contributed by atoms with Crippen LogP contribution in [0.3, 0.4) is 0 Å². The van der Waals surface area contributed by atoms with E-state index < -0.39 is 6.10 Å². The normalized spacial score (nSPS) is 19.8. The molecule has 1 N–H and O–H groups in total. The molecule has 0 saturated carbocycles. The van der Waals surface area contributed by atoms with Gasteiger partial charge in [0.05, 0.1) is 6.61 Å². The topological polar surface area (TPSA) is 38.7 Å². The molecule has 0 aromatic heterocycles. The molecule has 1 atom stereocenters. The zero-order valence-corrected chi connectivity index (χ0v) is 8.43. The fourth-order valence-electron chi connectivity index (χ4n) is 1.44. The number of ether oxygens (including phenoxy) is 2. The van der Waals surface area contributed by atoms with Gasteiger partial charge in [-0.2, -0.15) is 0 Å². The molecule has 1 aliphatic heterocycles. The first-order valence-electron chi connectivity index (χ1n) is 4.98. The highest BCUT2D eigenvalue weighted by molar-refractivity contribution is 5.13. The van der Waals surface area contributed by atoms with Gasteiger partial charge in [0, 0.05) is 0 Å². The molecule has 1 unspecified atom stereocenters. The Morgan fingerprint density at radius 1 is 1.27 bits per heavy atom. The summed E-state index contributed by atoms with van der Waals surface area (Å²) in [7, 11) is 0. The average Bonchev–Trinajstić information content (AvgIpc) is 2.66. The van der Waals surface area contributed by atoms with Gasteiger partial charge in [0.15, 0.2) is 0 Å². The van der Waals surface area contributed by atoms with Crippen molar-refractivity contribution in [3.8, 4) is 0 Å². The van der Waals surface area contributed by atoms with Crippen molar-refractivity contribution >= 4 is 0 Å². The van der Waals surface area contributed by atoms with Crippen LogP contribution in [-0.2, 0) is 16.1 Å². The fourth-order valence-corrected chi connectivity index (χ4v) is 1.44. The molecule has 1 aliphatic rings. The fraction of sp³-hybridized carbons (Fsp3) is 0.333. The molecule has 0 spiro atoms. The molecule has 0 saturated heterocycles. The first kappa shape index (κ1) is 10.2. The lowest BCUT2D eigenvalue weighted by molar-refractivity contribution is 0.0821. The Labute approximate surface area is 88.9 Å². The quantitative estimate of drug-likeness (QED) is 0.811. The van der Waals surface area contributed by atoms with E-state index >= 15 is 0 Å². The summed E-state index contributed by atoms with van der Waals surface area (Å²) >= 11 is 0. The van der Waals surface area contributed by atoms with Crippen molar-refractivity contribution in [1.29, 1.82) is 0 Å². The molecule has 0 bridgehead atoms. The maximum atomic E-state index is 9.16. The Bertz CT molecular complexity index is 332. The van der Waals surface area contributed by atoms with Crippen molar-refractivity contribution in [2.45, 2.75) is 12.7 Å². The second-order valence-corrected chi connectivity index (χ2v) is 3.49. The Hall–Kier alpha value is -1.32. The second-order valence-electron chi connectivity index (χ2n) is 3.49. The number of rotatable bonds is 4. The molecular weight excluding hydrogens is 192 g/mol. The number of hydrogen-bond acceptors (Lipinski definition) is 3. The van der Waals surface area contributed by atoms with E-state index in [2.05, 4.69) is 0 Å². The van der Waals surface area contributed by atoms with Crippen LogP contribution in [0.5, 0.6) is 0 Å². The van der Waals surface area contributed by atoms with Gasteiger partial charge < -0.3 is 14.6 Å². The molecule has 3 nitrogen and oxygen atoms in total. The van der Waals surface area contributed by atoms with Crippen LogP contribution in [0.4, 0.5) is 0 Å². The van der Waals surface area contributed by atoms with Crippen molar-refractivity contribution in [3.63, 3.8) is 0 Å². The van der Waals surface area contributed by atoms with E-state index in [-0.39, 0.29) is 0 Å². The zero-order chi connectivity index (χ0) is 10.5. The summed E-state index contributed by atoms with van der Waals surface area (Å²) in [5.74, 6) is 0.721. The standard InChI is InChI=1S/C12H14O3/c13-11-6-12(15-8-11)9-14-7-10-4-2-1-3-5-10/h1-6,11,13H,7-9H2. The number of hydrogen-bond donors (Lipinski definition) is 1. The lowest BCUT2D eigenvalue weighted by Crippen LogP contribution is -2.02. The smallest absolute Gasteiger partial charge is 0.121 e. The van der Waals surface area contributed by atoms with Crippen molar-refractivity contribution in [2.24, 2.45) is 0 Å². The van der Waals surface area contributed by atoms with Crippen molar-refractivity contribution in [2.75, 3.05) is 13.2 Å². The maximum absolute atomic E-state index is 9.16. The lowest BCUT2D eigenvalue weighted by Gasteiger charge is -2.05. The minimum atomic E-state index is -0.472. The lowest BCUT2D eigenvalue weighted by atomic mass is 10.2. The van der Waals surface area contributed by atoms with E-state index in [1.54, 1.807) is 6.08 Å². The van der Waals surface area contributed by atoms with Gasteiger partial charge in [-0.15, -0.1) is 0 Å². The highest BCUT2D eigenvalue weighted by Gasteiger charge is 2.13. The summed E-state index contributed by atoms with van der Waals surface area (Å²) in [5.41, 5.74) is 1.14. The third kappa shape index (κ3) is 3.08. The van der Waals surface area contributed by atoms with Gasteiger partial charge >= 0.3 is 0 Å². The van der Waals surface area contributed by atoms with Crippen LogP contribution < -0.4 is 0 Å². The first-order valence-corrected chi connectivity index (χ1v) is 4.98. The Morgan fingerprint density at radius 2 is 2.07 bits per heavy atom. The van der Waals surface area contributed by atoms with Crippen LogP contribution in [0, 0.1) is 0 Å². The van der Waals surface area contributed by atoms with E-state index in [0.29, 0.717) is 19.8 Å². The Morgan fingerprint density at radius 3 is 2.73 bits per heavy atom. The molecular formula is C12H14O3. The molecule has 2 rings (SSSR count). The van der Waals surface area contributed by atoms with Crippen LogP contribution in [0.15, 0.2) is 42.2 Å².